The SMILES string of the molecule is O=C(NCC1CCCS1(=O)=O)c1cc(F)ccc1O. The molecule has 1 unspecified atom stereocenters. The molecule has 2 rings (SSSR count). The number of benzene rings is 1. The van der Waals surface area contributed by atoms with Crippen LogP contribution < -0.4 is 5.32 Å². The van der Waals surface area contributed by atoms with Gasteiger partial charge in [0.1, 0.15) is 11.6 Å². The third-order valence-corrected chi connectivity index (χ3v) is 5.43. The molecule has 1 heterocycles. The van der Waals surface area contributed by atoms with Crippen LogP contribution in [0.4, 0.5) is 4.39 Å². The van der Waals surface area contributed by atoms with Crippen molar-refractivity contribution in [2.24, 2.45) is 0 Å². The molecule has 7 heteroatoms. The van der Waals surface area contributed by atoms with Gasteiger partial charge in [0.05, 0.1) is 16.6 Å². The van der Waals surface area contributed by atoms with E-state index in [4.69, 9.17) is 0 Å². The molecule has 1 saturated heterocycles. The van der Waals surface area contributed by atoms with E-state index in [1.165, 1.54) is 0 Å². The summed E-state index contributed by atoms with van der Waals surface area (Å²) in [5.74, 6) is -1.53. The maximum absolute atomic E-state index is 13.0. The number of nitrogens with one attached hydrogen (secondary N) is 1. The van der Waals surface area contributed by atoms with Gasteiger partial charge in [-0.25, -0.2) is 12.8 Å². The molecule has 104 valence electrons. The first kappa shape index (κ1) is 13.8. The van der Waals surface area contributed by atoms with E-state index in [9.17, 15) is 22.7 Å². The highest BCUT2D eigenvalue weighted by Crippen LogP contribution is 2.20. The molecule has 1 aromatic carbocycles. The van der Waals surface area contributed by atoms with Gasteiger partial charge >= 0.3 is 0 Å². The molecule has 2 N–H and O–H groups in total. The largest absolute Gasteiger partial charge is 0.507 e. The maximum Gasteiger partial charge on any atom is 0.255 e. The summed E-state index contributed by atoms with van der Waals surface area (Å²) in [5, 5.41) is 11.3. The zero-order valence-corrected chi connectivity index (χ0v) is 10.9. The Bertz CT molecular complexity index is 600. The van der Waals surface area contributed by atoms with E-state index < -0.39 is 26.8 Å². The Balaban J connectivity index is 2.04. The van der Waals surface area contributed by atoms with Crippen molar-refractivity contribution in [1.29, 1.82) is 0 Å². The summed E-state index contributed by atoms with van der Waals surface area (Å²) in [6.07, 6.45) is 1.10. The third kappa shape index (κ3) is 3.04. The molecular weight excluding hydrogens is 273 g/mol. The van der Waals surface area contributed by atoms with E-state index in [1.807, 2.05) is 0 Å². The second kappa shape index (κ2) is 5.16. The Morgan fingerprint density at radius 2 is 2.21 bits per heavy atom. The van der Waals surface area contributed by atoms with Crippen LogP contribution in [0.1, 0.15) is 23.2 Å². The van der Waals surface area contributed by atoms with Crippen molar-refractivity contribution < 1.29 is 22.7 Å². The number of aromatic hydroxyl groups is 1. The first-order valence-electron chi connectivity index (χ1n) is 5.88. The Morgan fingerprint density at radius 1 is 1.47 bits per heavy atom. The number of phenolic OH excluding ortho intramolecular Hbond substituents is 1. The molecule has 0 radical (unpaired) electrons. The Morgan fingerprint density at radius 3 is 2.84 bits per heavy atom. The average molecular weight is 287 g/mol. The fourth-order valence-corrected chi connectivity index (χ4v) is 3.84. The molecule has 1 aliphatic rings. The fourth-order valence-electron chi connectivity index (χ4n) is 2.08. The minimum atomic E-state index is -3.13. The summed E-state index contributed by atoms with van der Waals surface area (Å²) in [6.45, 7) is -0.0167. The number of rotatable bonds is 3. The molecule has 0 spiro atoms. The average Bonchev–Trinajstić information content (AvgIpc) is 2.68. The van der Waals surface area contributed by atoms with Crippen LogP contribution in [0.5, 0.6) is 5.75 Å². The highest BCUT2D eigenvalue weighted by Gasteiger charge is 2.31. The highest BCUT2D eigenvalue weighted by molar-refractivity contribution is 7.92. The van der Waals surface area contributed by atoms with Crippen LogP contribution in [0.25, 0.3) is 0 Å². The number of hydrogen-bond donors (Lipinski definition) is 2. The molecule has 0 bridgehead atoms. The van der Waals surface area contributed by atoms with E-state index in [0.717, 1.165) is 18.2 Å². The van der Waals surface area contributed by atoms with Crippen molar-refractivity contribution in [2.75, 3.05) is 12.3 Å². The van der Waals surface area contributed by atoms with Crippen molar-refractivity contribution in [1.82, 2.24) is 5.32 Å². The number of carbonyl (C=O) groups is 1. The Hall–Kier alpha value is -1.63. The molecule has 1 atom stereocenters. The molecule has 1 aromatic rings. The minimum Gasteiger partial charge on any atom is -0.507 e. The molecule has 1 amide bonds. The van der Waals surface area contributed by atoms with Crippen molar-refractivity contribution in [3.05, 3.63) is 29.6 Å². The standard InChI is InChI=1S/C12H14FNO4S/c13-8-3-4-11(15)10(6-8)12(16)14-7-9-2-1-5-19(9,17)18/h3-4,6,9,15H,1-2,5,7H2,(H,14,16). The lowest BCUT2D eigenvalue weighted by molar-refractivity contribution is 0.0950. The van der Waals surface area contributed by atoms with Gasteiger partial charge in [0.25, 0.3) is 5.91 Å². The second-order valence-electron chi connectivity index (χ2n) is 4.50. The topological polar surface area (TPSA) is 83.5 Å². The van der Waals surface area contributed by atoms with Gasteiger partial charge in [-0.05, 0) is 31.0 Å². The lowest BCUT2D eigenvalue weighted by Crippen LogP contribution is -2.34. The predicted molar refractivity (Wildman–Crippen MR) is 67.2 cm³/mol. The van der Waals surface area contributed by atoms with Crippen molar-refractivity contribution in [3.63, 3.8) is 0 Å². The number of sulfone groups is 1. The Kier molecular flexibility index (Phi) is 3.75. The normalized spacial score (nSPS) is 21.2. The van der Waals surface area contributed by atoms with Crippen LogP contribution in [-0.2, 0) is 9.84 Å². The zero-order valence-electron chi connectivity index (χ0n) is 10.1. The van der Waals surface area contributed by atoms with Crippen molar-refractivity contribution in [3.8, 4) is 5.75 Å². The van der Waals surface area contributed by atoms with Gasteiger partial charge in [0.15, 0.2) is 9.84 Å². The van der Waals surface area contributed by atoms with E-state index in [-0.39, 0.29) is 23.6 Å². The van der Waals surface area contributed by atoms with Crippen LogP contribution in [0.3, 0.4) is 0 Å². The van der Waals surface area contributed by atoms with Crippen molar-refractivity contribution in [2.45, 2.75) is 18.1 Å². The smallest absolute Gasteiger partial charge is 0.255 e. The van der Waals surface area contributed by atoms with E-state index >= 15 is 0 Å². The monoisotopic (exact) mass is 287 g/mol. The number of carbonyl (C=O) groups excluding carboxylic acids is 1. The van der Waals surface area contributed by atoms with Crippen LogP contribution >= 0.6 is 0 Å². The second-order valence-corrected chi connectivity index (χ2v) is 6.90. The number of amides is 1. The molecule has 0 saturated carbocycles. The minimum absolute atomic E-state index is 0.0167. The highest BCUT2D eigenvalue weighted by atomic mass is 32.2. The number of halogens is 1. The predicted octanol–water partition coefficient (Wildman–Crippen LogP) is 0.838. The van der Waals surface area contributed by atoms with Crippen LogP contribution in [0.2, 0.25) is 0 Å². The van der Waals surface area contributed by atoms with Gasteiger partial charge in [0, 0.05) is 6.54 Å². The molecule has 19 heavy (non-hydrogen) atoms. The van der Waals surface area contributed by atoms with E-state index in [0.29, 0.717) is 12.8 Å². The number of phenols is 1. The zero-order chi connectivity index (χ0) is 14.0. The van der Waals surface area contributed by atoms with Crippen LogP contribution in [0, 0.1) is 5.82 Å². The molecule has 0 aliphatic carbocycles. The third-order valence-electron chi connectivity index (χ3n) is 3.16. The summed E-state index contributed by atoms with van der Waals surface area (Å²) in [5.41, 5.74) is -0.199. The maximum atomic E-state index is 13.0. The first-order valence-corrected chi connectivity index (χ1v) is 7.60. The molecule has 0 aromatic heterocycles. The van der Waals surface area contributed by atoms with Gasteiger partial charge in [-0.15, -0.1) is 0 Å². The Labute approximate surface area is 110 Å². The van der Waals surface area contributed by atoms with Crippen LogP contribution in [-0.4, -0.2) is 37.0 Å². The van der Waals surface area contributed by atoms with Gasteiger partial charge < -0.3 is 10.4 Å². The quantitative estimate of drug-likeness (QED) is 0.863. The fraction of sp³-hybridized carbons (Fsp3) is 0.417. The van der Waals surface area contributed by atoms with Crippen molar-refractivity contribution >= 4 is 15.7 Å². The molecular formula is C12H14FNO4S. The molecule has 1 fully saturated rings. The summed E-state index contributed by atoms with van der Waals surface area (Å²) in [7, 11) is -3.13. The van der Waals surface area contributed by atoms with E-state index in [1.54, 1.807) is 0 Å². The van der Waals surface area contributed by atoms with Gasteiger partial charge in [-0.1, -0.05) is 0 Å². The van der Waals surface area contributed by atoms with Gasteiger partial charge in [-0.3, -0.25) is 4.79 Å². The van der Waals surface area contributed by atoms with Gasteiger partial charge in [0.2, 0.25) is 0 Å². The van der Waals surface area contributed by atoms with Crippen LogP contribution in [0.15, 0.2) is 18.2 Å². The number of hydrogen-bond acceptors (Lipinski definition) is 4. The summed E-state index contributed by atoms with van der Waals surface area (Å²) in [4.78, 5) is 11.8. The summed E-state index contributed by atoms with van der Waals surface area (Å²) < 4.78 is 36.1. The molecule has 1 aliphatic heterocycles. The van der Waals surface area contributed by atoms with E-state index in [2.05, 4.69) is 5.32 Å². The lowest BCUT2D eigenvalue weighted by Gasteiger charge is -2.11. The summed E-state index contributed by atoms with van der Waals surface area (Å²) in [6, 6.07) is 3.03. The lowest BCUT2D eigenvalue weighted by atomic mass is 10.1. The molecule has 5 nitrogen and oxygen atoms in total. The summed E-state index contributed by atoms with van der Waals surface area (Å²) >= 11 is 0. The first-order chi connectivity index (χ1) is 8.90. The van der Waals surface area contributed by atoms with Gasteiger partial charge in [-0.2, -0.15) is 0 Å².